The van der Waals surface area contributed by atoms with Gasteiger partial charge >= 0.3 is 11.9 Å². The highest BCUT2D eigenvalue weighted by Crippen LogP contribution is 2.39. The predicted molar refractivity (Wildman–Crippen MR) is 54.1 cm³/mol. The molecule has 15 heavy (non-hydrogen) atoms. The summed E-state index contributed by atoms with van der Waals surface area (Å²) in [5.74, 6) is -0.520. The first-order chi connectivity index (χ1) is 7.19. The Labute approximate surface area is 89.9 Å². The maximum Gasteiger partial charge on any atom is 0.309 e. The van der Waals surface area contributed by atoms with Gasteiger partial charge in [-0.15, -0.1) is 0 Å². The van der Waals surface area contributed by atoms with Crippen molar-refractivity contribution in [3.8, 4) is 0 Å². The maximum atomic E-state index is 11.5. The molecule has 0 spiro atoms. The maximum absolute atomic E-state index is 11.5. The fourth-order valence-electron chi connectivity index (χ4n) is 1.59. The zero-order valence-electron chi connectivity index (χ0n) is 9.32. The molecular weight excluding hydrogens is 196 g/mol. The van der Waals surface area contributed by atoms with E-state index in [9.17, 15) is 9.59 Å². The van der Waals surface area contributed by atoms with E-state index in [2.05, 4.69) is 0 Å². The van der Waals surface area contributed by atoms with E-state index in [0.717, 1.165) is 12.8 Å². The van der Waals surface area contributed by atoms with E-state index in [1.807, 2.05) is 0 Å². The number of esters is 2. The molecule has 0 heterocycles. The lowest BCUT2D eigenvalue weighted by Gasteiger charge is -2.13. The fourth-order valence-corrected chi connectivity index (χ4v) is 1.59. The summed E-state index contributed by atoms with van der Waals surface area (Å²) in [6.07, 6.45) is 2.20. The van der Waals surface area contributed by atoms with Crippen LogP contribution in [0.1, 0.15) is 33.1 Å². The van der Waals surface area contributed by atoms with Crippen LogP contribution in [0.2, 0.25) is 0 Å². The number of carbonyl (C=O) groups is 2. The second-order valence-electron chi connectivity index (χ2n) is 3.71. The molecule has 0 aromatic heterocycles. The van der Waals surface area contributed by atoms with E-state index in [4.69, 9.17) is 9.47 Å². The molecule has 0 amide bonds. The molecule has 86 valence electrons. The standard InChI is InChI=1S/C11H18O4/c1-3-14-10(12)7-9(8-5-6-8)11(13)15-4-2/h8-9H,3-7H2,1-2H3. The summed E-state index contributed by atoms with van der Waals surface area (Å²) in [6.45, 7) is 4.25. The third-order valence-electron chi connectivity index (χ3n) is 2.47. The van der Waals surface area contributed by atoms with Crippen LogP contribution in [0.4, 0.5) is 0 Å². The molecule has 1 unspecified atom stereocenters. The van der Waals surface area contributed by atoms with Crippen LogP contribution in [0.25, 0.3) is 0 Å². The Bertz CT molecular complexity index is 233. The molecule has 0 aromatic carbocycles. The summed E-state index contributed by atoms with van der Waals surface area (Å²) in [6, 6.07) is 0. The van der Waals surface area contributed by atoms with E-state index >= 15 is 0 Å². The summed E-state index contributed by atoms with van der Waals surface area (Å²) in [4.78, 5) is 22.8. The average molecular weight is 214 g/mol. The fraction of sp³-hybridized carbons (Fsp3) is 0.818. The molecule has 1 atom stereocenters. The van der Waals surface area contributed by atoms with Crippen LogP contribution >= 0.6 is 0 Å². The minimum atomic E-state index is -0.303. The molecule has 4 nitrogen and oxygen atoms in total. The molecule has 0 bridgehead atoms. The predicted octanol–water partition coefficient (Wildman–Crippen LogP) is 1.53. The van der Waals surface area contributed by atoms with Crippen LogP contribution in [-0.2, 0) is 19.1 Å². The zero-order valence-corrected chi connectivity index (χ0v) is 9.32. The van der Waals surface area contributed by atoms with Crippen LogP contribution in [0.15, 0.2) is 0 Å². The highest BCUT2D eigenvalue weighted by Gasteiger charge is 2.38. The summed E-state index contributed by atoms with van der Waals surface area (Å²) in [7, 11) is 0. The van der Waals surface area contributed by atoms with Crippen molar-refractivity contribution in [2.45, 2.75) is 33.1 Å². The molecule has 1 aliphatic carbocycles. The van der Waals surface area contributed by atoms with Gasteiger partial charge in [-0.3, -0.25) is 9.59 Å². The van der Waals surface area contributed by atoms with Gasteiger partial charge in [0.2, 0.25) is 0 Å². The highest BCUT2D eigenvalue weighted by atomic mass is 16.5. The molecular formula is C11H18O4. The Hall–Kier alpha value is -1.06. The highest BCUT2D eigenvalue weighted by molar-refractivity contribution is 5.80. The van der Waals surface area contributed by atoms with Gasteiger partial charge in [-0.05, 0) is 32.6 Å². The first-order valence-corrected chi connectivity index (χ1v) is 5.51. The molecule has 1 saturated carbocycles. The minimum absolute atomic E-state index is 0.164. The van der Waals surface area contributed by atoms with Crippen LogP contribution < -0.4 is 0 Å². The first-order valence-electron chi connectivity index (χ1n) is 5.51. The molecule has 1 rings (SSSR count). The van der Waals surface area contributed by atoms with Crippen LogP contribution in [-0.4, -0.2) is 25.2 Å². The van der Waals surface area contributed by atoms with Crippen molar-refractivity contribution in [2.75, 3.05) is 13.2 Å². The number of carbonyl (C=O) groups excluding carboxylic acids is 2. The Balaban J connectivity index is 2.43. The molecule has 0 N–H and O–H groups in total. The van der Waals surface area contributed by atoms with Crippen molar-refractivity contribution in [1.29, 1.82) is 0 Å². The Kier molecular flexibility index (Phi) is 4.59. The second kappa shape index (κ2) is 5.73. The van der Waals surface area contributed by atoms with Gasteiger partial charge in [-0.1, -0.05) is 0 Å². The van der Waals surface area contributed by atoms with Crippen LogP contribution in [0.5, 0.6) is 0 Å². The summed E-state index contributed by atoms with van der Waals surface area (Å²) >= 11 is 0. The SMILES string of the molecule is CCOC(=O)CC(C(=O)OCC)C1CC1. The molecule has 0 aliphatic heterocycles. The van der Waals surface area contributed by atoms with Crippen molar-refractivity contribution in [2.24, 2.45) is 11.8 Å². The van der Waals surface area contributed by atoms with Gasteiger partial charge in [0.25, 0.3) is 0 Å². The minimum Gasteiger partial charge on any atom is -0.466 e. The third kappa shape index (κ3) is 3.90. The van der Waals surface area contributed by atoms with E-state index in [1.54, 1.807) is 13.8 Å². The van der Waals surface area contributed by atoms with Crippen LogP contribution in [0.3, 0.4) is 0 Å². The summed E-state index contributed by atoms with van der Waals surface area (Å²) < 4.78 is 9.77. The van der Waals surface area contributed by atoms with Gasteiger partial charge in [0.05, 0.1) is 25.6 Å². The van der Waals surface area contributed by atoms with Gasteiger partial charge < -0.3 is 9.47 Å². The quantitative estimate of drug-likeness (QED) is 0.629. The topological polar surface area (TPSA) is 52.6 Å². The molecule has 0 radical (unpaired) electrons. The Morgan fingerprint density at radius 2 is 1.80 bits per heavy atom. The lowest BCUT2D eigenvalue weighted by Crippen LogP contribution is -2.23. The molecule has 0 saturated heterocycles. The molecule has 1 fully saturated rings. The average Bonchev–Trinajstić information content (AvgIpc) is 2.98. The smallest absolute Gasteiger partial charge is 0.309 e. The number of ether oxygens (including phenoxy) is 2. The monoisotopic (exact) mass is 214 g/mol. The summed E-state index contributed by atoms with van der Waals surface area (Å²) in [5.41, 5.74) is 0. The van der Waals surface area contributed by atoms with Gasteiger partial charge in [-0.25, -0.2) is 0 Å². The van der Waals surface area contributed by atoms with Gasteiger partial charge in [0, 0.05) is 0 Å². The van der Waals surface area contributed by atoms with E-state index in [-0.39, 0.29) is 24.3 Å². The lowest BCUT2D eigenvalue weighted by atomic mass is 10.0. The van der Waals surface area contributed by atoms with Gasteiger partial charge in [0.1, 0.15) is 0 Å². The zero-order chi connectivity index (χ0) is 11.3. The first kappa shape index (κ1) is 12.0. The summed E-state index contributed by atoms with van der Waals surface area (Å²) in [5, 5.41) is 0. The van der Waals surface area contributed by atoms with Gasteiger partial charge in [0.15, 0.2) is 0 Å². The number of rotatable bonds is 6. The Morgan fingerprint density at radius 3 is 2.27 bits per heavy atom. The van der Waals surface area contributed by atoms with Crippen molar-refractivity contribution >= 4 is 11.9 Å². The van der Waals surface area contributed by atoms with Crippen molar-refractivity contribution in [3.63, 3.8) is 0 Å². The van der Waals surface area contributed by atoms with E-state index in [1.165, 1.54) is 0 Å². The Morgan fingerprint density at radius 1 is 1.20 bits per heavy atom. The molecule has 4 heteroatoms. The van der Waals surface area contributed by atoms with Crippen molar-refractivity contribution in [3.05, 3.63) is 0 Å². The molecule has 0 aromatic rings. The van der Waals surface area contributed by atoms with Crippen LogP contribution in [0, 0.1) is 11.8 Å². The normalized spacial score (nSPS) is 16.9. The van der Waals surface area contributed by atoms with E-state index in [0.29, 0.717) is 19.1 Å². The number of hydrogen-bond donors (Lipinski definition) is 0. The largest absolute Gasteiger partial charge is 0.466 e. The third-order valence-corrected chi connectivity index (χ3v) is 2.47. The van der Waals surface area contributed by atoms with Gasteiger partial charge in [-0.2, -0.15) is 0 Å². The second-order valence-corrected chi connectivity index (χ2v) is 3.71. The lowest BCUT2D eigenvalue weighted by molar-refractivity contribution is -0.155. The van der Waals surface area contributed by atoms with E-state index < -0.39 is 0 Å². The molecule has 1 aliphatic rings. The number of hydrogen-bond acceptors (Lipinski definition) is 4. The van der Waals surface area contributed by atoms with Crippen molar-refractivity contribution in [1.82, 2.24) is 0 Å². The van der Waals surface area contributed by atoms with Crippen molar-refractivity contribution < 1.29 is 19.1 Å².